The molecule has 6 heteroatoms. The van der Waals surface area contributed by atoms with E-state index in [1.807, 2.05) is 0 Å². The minimum atomic E-state index is -0.455. The Balaban J connectivity index is 2.09. The number of furan rings is 1. The van der Waals surface area contributed by atoms with E-state index in [9.17, 15) is 25.5 Å². The molecule has 1 heterocycles. The zero-order valence-electron chi connectivity index (χ0n) is 10.7. The van der Waals surface area contributed by atoms with E-state index in [4.69, 9.17) is 4.42 Å². The Labute approximate surface area is 118 Å². The predicted molar refractivity (Wildman–Crippen MR) is 73.8 cm³/mol. The molecule has 3 rings (SSSR count). The zero-order chi connectivity index (χ0) is 15.1. The van der Waals surface area contributed by atoms with Crippen LogP contribution in [-0.4, -0.2) is 25.5 Å². The number of hydrogen-bond acceptors (Lipinski definition) is 6. The van der Waals surface area contributed by atoms with Crippen LogP contribution in [0, 0.1) is 0 Å². The van der Waals surface area contributed by atoms with Gasteiger partial charge in [-0.2, -0.15) is 0 Å². The second kappa shape index (κ2) is 4.52. The molecule has 0 aliphatic heterocycles. The Morgan fingerprint density at radius 3 is 2.29 bits per heavy atom. The largest absolute Gasteiger partial charge is 0.508 e. The highest BCUT2D eigenvalue weighted by Crippen LogP contribution is 2.42. The Morgan fingerprint density at radius 1 is 0.810 bits per heavy atom. The lowest BCUT2D eigenvalue weighted by Gasteiger charge is -2.03. The average Bonchev–Trinajstić information content (AvgIpc) is 2.75. The lowest BCUT2D eigenvalue weighted by atomic mass is 10.1. The number of aromatic hydroxyl groups is 5. The van der Waals surface area contributed by atoms with Gasteiger partial charge < -0.3 is 29.9 Å². The first-order valence-electron chi connectivity index (χ1n) is 6.13. The number of rotatable bonds is 2. The molecule has 6 nitrogen and oxygen atoms in total. The lowest BCUT2D eigenvalue weighted by Crippen LogP contribution is -1.87. The van der Waals surface area contributed by atoms with Gasteiger partial charge in [-0.1, -0.05) is 6.07 Å². The molecule has 0 atom stereocenters. The van der Waals surface area contributed by atoms with Crippen LogP contribution in [0.5, 0.6) is 28.7 Å². The summed E-state index contributed by atoms with van der Waals surface area (Å²) in [6.07, 6.45) is 0.0623. The van der Waals surface area contributed by atoms with Gasteiger partial charge in [-0.05, 0) is 18.2 Å². The number of phenolic OH excluding ortho intramolecular Hbond substituents is 4. The maximum Gasteiger partial charge on any atom is 0.201 e. The van der Waals surface area contributed by atoms with E-state index in [0.29, 0.717) is 5.56 Å². The SMILES string of the molecule is Oc1ccc(Cc2oc3c(O)c(O)ccc3c2O)c(O)c1. The smallest absolute Gasteiger partial charge is 0.201 e. The normalized spacial score (nSPS) is 11.0. The van der Waals surface area contributed by atoms with Gasteiger partial charge in [-0.25, -0.2) is 0 Å². The zero-order valence-corrected chi connectivity index (χ0v) is 10.7. The second-order valence-electron chi connectivity index (χ2n) is 4.67. The first kappa shape index (κ1) is 13.0. The standard InChI is InChI=1S/C15H12O6/c16-8-2-1-7(11(18)6-8)5-12-13(19)9-3-4-10(17)14(20)15(9)21-12/h1-4,6,16-20H,5H2. The molecule has 0 amide bonds. The maximum absolute atomic E-state index is 10.1. The van der Waals surface area contributed by atoms with Crippen LogP contribution < -0.4 is 0 Å². The summed E-state index contributed by atoms with van der Waals surface area (Å²) in [6.45, 7) is 0. The summed E-state index contributed by atoms with van der Waals surface area (Å²) in [6, 6.07) is 6.74. The summed E-state index contributed by atoms with van der Waals surface area (Å²) >= 11 is 0. The molecular weight excluding hydrogens is 276 g/mol. The van der Waals surface area contributed by atoms with Crippen molar-refractivity contribution in [1.82, 2.24) is 0 Å². The molecule has 0 saturated heterocycles. The molecule has 2 aromatic carbocycles. The topological polar surface area (TPSA) is 114 Å². The Hall–Kier alpha value is -3.02. The van der Waals surface area contributed by atoms with Crippen molar-refractivity contribution in [3.8, 4) is 28.7 Å². The summed E-state index contributed by atoms with van der Waals surface area (Å²) in [4.78, 5) is 0. The second-order valence-corrected chi connectivity index (χ2v) is 4.67. The molecule has 1 aromatic heterocycles. The molecule has 108 valence electrons. The molecule has 0 aliphatic rings. The molecular formula is C15H12O6. The van der Waals surface area contributed by atoms with Crippen molar-refractivity contribution in [3.05, 3.63) is 41.7 Å². The minimum absolute atomic E-state index is 0.0271. The highest BCUT2D eigenvalue weighted by atomic mass is 16.4. The minimum Gasteiger partial charge on any atom is -0.508 e. The van der Waals surface area contributed by atoms with Crippen LogP contribution in [0.2, 0.25) is 0 Å². The highest BCUT2D eigenvalue weighted by molar-refractivity contribution is 5.91. The summed E-state index contributed by atoms with van der Waals surface area (Å²) < 4.78 is 5.37. The third kappa shape index (κ3) is 2.06. The Kier molecular flexibility index (Phi) is 2.79. The van der Waals surface area contributed by atoms with E-state index in [0.717, 1.165) is 0 Å². The van der Waals surface area contributed by atoms with E-state index in [1.165, 1.54) is 30.3 Å². The van der Waals surface area contributed by atoms with Gasteiger partial charge >= 0.3 is 0 Å². The van der Waals surface area contributed by atoms with Crippen molar-refractivity contribution in [2.45, 2.75) is 6.42 Å². The van der Waals surface area contributed by atoms with Gasteiger partial charge in [0, 0.05) is 18.1 Å². The lowest BCUT2D eigenvalue weighted by molar-refractivity contribution is 0.396. The van der Waals surface area contributed by atoms with Gasteiger partial charge in [0.25, 0.3) is 0 Å². The maximum atomic E-state index is 10.1. The van der Waals surface area contributed by atoms with E-state index >= 15 is 0 Å². The monoisotopic (exact) mass is 288 g/mol. The van der Waals surface area contributed by atoms with Crippen molar-refractivity contribution in [1.29, 1.82) is 0 Å². The molecule has 21 heavy (non-hydrogen) atoms. The summed E-state index contributed by atoms with van der Waals surface area (Å²) in [7, 11) is 0. The molecule has 0 fully saturated rings. The van der Waals surface area contributed by atoms with Gasteiger partial charge in [-0.3, -0.25) is 0 Å². The summed E-state index contributed by atoms with van der Waals surface area (Å²) in [5.41, 5.74) is 0.409. The van der Waals surface area contributed by atoms with Crippen LogP contribution in [0.3, 0.4) is 0 Å². The van der Waals surface area contributed by atoms with Crippen LogP contribution in [0.1, 0.15) is 11.3 Å². The van der Waals surface area contributed by atoms with Crippen LogP contribution >= 0.6 is 0 Å². The third-order valence-electron chi connectivity index (χ3n) is 3.27. The van der Waals surface area contributed by atoms with E-state index in [2.05, 4.69) is 0 Å². The van der Waals surface area contributed by atoms with Crippen molar-refractivity contribution in [2.75, 3.05) is 0 Å². The molecule has 0 radical (unpaired) electrons. The molecule has 0 spiro atoms. The molecule has 0 unspecified atom stereocenters. The van der Waals surface area contributed by atoms with Crippen LogP contribution in [0.4, 0.5) is 0 Å². The van der Waals surface area contributed by atoms with Gasteiger partial charge in [0.05, 0.1) is 5.39 Å². The van der Waals surface area contributed by atoms with Gasteiger partial charge in [-0.15, -0.1) is 0 Å². The van der Waals surface area contributed by atoms with Crippen LogP contribution in [0.15, 0.2) is 34.7 Å². The van der Waals surface area contributed by atoms with Crippen LogP contribution in [0.25, 0.3) is 11.0 Å². The number of benzene rings is 2. The molecule has 0 aliphatic carbocycles. The third-order valence-corrected chi connectivity index (χ3v) is 3.27. The fourth-order valence-corrected chi connectivity index (χ4v) is 2.17. The van der Waals surface area contributed by atoms with Crippen molar-refractivity contribution >= 4 is 11.0 Å². The quantitative estimate of drug-likeness (QED) is 0.463. The summed E-state index contributed by atoms with van der Waals surface area (Å²) in [5, 5.41) is 48.5. The fourth-order valence-electron chi connectivity index (χ4n) is 2.17. The summed E-state index contributed by atoms with van der Waals surface area (Å²) in [5.74, 6) is -1.06. The fraction of sp³-hybridized carbons (Fsp3) is 0.0667. The number of fused-ring (bicyclic) bond motifs is 1. The van der Waals surface area contributed by atoms with Gasteiger partial charge in [0.1, 0.15) is 11.5 Å². The number of hydrogen-bond donors (Lipinski definition) is 5. The van der Waals surface area contributed by atoms with Crippen LogP contribution in [-0.2, 0) is 6.42 Å². The van der Waals surface area contributed by atoms with Gasteiger partial charge in [0.15, 0.2) is 22.8 Å². The van der Waals surface area contributed by atoms with Crippen molar-refractivity contribution in [3.63, 3.8) is 0 Å². The highest BCUT2D eigenvalue weighted by Gasteiger charge is 2.19. The number of phenols is 4. The van der Waals surface area contributed by atoms with E-state index in [-0.39, 0.29) is 46.1 Å². The molecule has 0 bridgehead atoms. The molecule has 5 N–H and O–H groups in total. The average molecular weight is 288 g/mol. The molecule has 0 saturated carbocycles. The Bertz CT molecular complexity index is 834. The van der Waals surface area contributed by atoms with E-state index in [1.54, 1.807) is 0 Å². The molecule has 3 aromatic rings. The Morgan fingerprint density at radius 2 is 1.57 bits per heavy atom. The predicted octanol–water partition coefficient (Wildman–Crippen LogP) is 2.55. The van der Waals surface area contributed by atoms with Crippen molar-refractivity contribution < 1.29 is 29.9 Å². The first-order valence-corrected chi connectivity index (χ1v) is 6.13. The van der Waals surface area contributed by atoms with Gasteiger partial charge in [0.2, 0.25) is 5.75 Å². The van der Waals surface area contributed by atoms with Crippen molar-refractivity contribution in [2.24, 2.45) is 0 Å². The van der Waals surface area contributed by atoms with E-state index < -0.39 is 5.75 Å². The first-order chi connectivity index (χ1) is 9.97.